The molecular weight excluding hydrogens is 833 g/mol. The third-order valence-electron chi connectivity index (χ3n) is 15.3. The lowest BCUT2D eigenvalue weighted by Gasteiger charge is -2.34. The molecule has 2 aliphatic carbocycles. The van der Waals surface area contributed by atoms with Crippen molar-refractivity contribution in [2.75, 3.05) is 9.80 Å². The van der Waals surface area contributed by atoms with Crippen LogP contribution in [0.3, 0.4) is 0 Å². The second kappa shape index (κ2) is 16.2. The molecule has 12 rings (SSSR count). The molecule has 2 nitrogen and oxygen atoms in total. The van der Waals surface area contributed by atoms with Crippen LogP contribution >= 0.6 is 0 Å². The first kappa shape index (κ1) is 42.7. The van der Waals surface area contributed by atoms with Gasteiger partial charge in [0.2, 0.25) is 0 Å². The molecule has 0 fully saturated rings. The van der Waals surface area contributed by atoms with Gasteiger partial charge in [-0.3, -0.25) is 0 Å². The van der Waals surface area contributed by atoms with E-state index in [1.165, 1.54) is 111 Å². The third-order valence-corrected chi connectivity index (χ3v) is 15.3. The van der Waals surface area contributed by atoms with Crippen LogP contribution in [0, 0.1) is 27.7 Å². The van der Waals surface area contributed by atoms with Gasteiger partial charge in [0, 0.05) is 34.1 Å². The smallest absolute Gasteiger partial charge is 0.0737 e. The molecule has 0 saturated carbocycles. The molecule has 1 spiro atoms. The minimum Gasteiger partial charge on any atom is -0.310 e. The van der Waals surface area contributed by atoms with Crippen molar-refractivity contribution >= 4 is 55.7 Å². The molecule has 10 aromatic carbocycles. The summed E-state index contributed by atoms with van der Waals surface area (Å²) in [5.74, 6) is 0.563. The lowest BCUT2D eigenvalue weighted by atomic mass is 9.67. The minimum absolute atomic E-state index is 0.282. The molecule has 0 aliphatic heterocycles. The number of fused-ring (bicyclic) bond motifs is 14. The Morgan fingerprint density at radius 3 is 1.12 bits per heavy atom. The number of rotatable bonds is 8. The summed E-state index contributed by atoms with van der Waals surface area (Å²) in [6.45, 7) is 18.3. The van der Waals surface area contributed by atoms with Crippen molar-refractivity contribution in [2.24, 2.45) is 0 Å². The topological polar surface area (TPSA) is 6.48 Å². The predicted octanol–water partition coefficient (Wildman–Crippen LogP) is 18.8. The summed E-state index contributed by atoms with van der Waals surface area (Å²) in [4.78, 5) is 4.90. The number of hydrogen-bond acceptors (Lipinski definition) is 2. The molecule has 0 amide bonds. The zero-order valence-electron chi connectivity index (χ0n) is 41.0. The van der Waals surface area contributed by atoms with Crippen molar-refractivity contribution in [3.63, 3.8) is 0 Å². The van der Waals surface area contributed by atoms with Crippen LogP contribution in [0.4, 0.5) is 34.1 Å². The average Bonchev–Trinajstić information content (AvgIpc) is 3.82. The van der Waals surface area contributed by atoms with E-state index in [0.717, 1.165) is 22.7 Å². The van der Waals surface area contributed by atoms with E-state index in [1.807, 2.05) is 0 Å². The van der Waals surface area contributed by atoms with E-state index in [2.05, 4.69) is 259 Å². The molecule has 0 unspecified atom stereocenters. The first-order valence-electron chi connectivity index (χ1n) is 24.8. The molecule has 69 heavy (non-hydrogen) atoms. The number of nitrogens with zero attached hydrogens (tertiary/aromatic N) is 2. The summed E-state index contributed by atoms with van der Waals surface area (Å²) in [6, 6.07) is 73.8. The summed E-state index contributed by atoms with van der Waals surface area (Å²) < 4.78 is 0. The van der Waals surface area contributed by atoms with Gasteiger partial charge in [-0.1, -0.05) is 160 Å². The van der Waals surface area contributed by atoms with E-state index in [0.29, 0.717) is 0 Å². The highest BCUT2D eigenvalue weighted by molar-refractivity contribution is 6.11. The third kappa shape index (κ3) is 6.45. The number of para-hydroxylation sites is 2. The highest BCUT2D eigenvalue weighted by Crippen LogP contribution is 2.66. The van der Waals surface area contributed by atoms with Gasteiger partial charge in [-0.05, 0) is 201 Å². The van der Waals surface area contributed by atoms with E-state index in [9.17, 15) is 0 Å². The molecule has 0 bridgehead atoms. The summed E-state index contributed by atoms with van der Waals surface area (Å²) in [6.07, 6.45) is 0. The number of anilines is 6. The molecule has 2 heteroatoms. The Balaban J connectivity index is 1.19. The Morgan fingerprint density at radius 1 is 0.333 bits per heavy atom. The molecule has 0 N–H and O–H groups in total. The molecule has 2 aliphatic rings. The van der Waals surface area contributed by atoms with E-state index in [4.69, 9.17) is 0 Å². The molecule has 0 saturated heterocycles. The molecule has 10 aromatic rings. The Hall–Kier alpha value is -7.68. The van der Waals surface area contributed by atoms with Crippen LogP contribution in [0.1, 0.15) is 95.2 Å². The lowest BCUT2D eigenvalue weighted by Crippen LogP contribution is -2.27. The summed E-state index contributed by atoms with van der Waals surface area (Å²) in [7, 11) is 0. The molecule has 0 atom stereocenters. The van der Waals surface area contributed by atoms with Gasteiger partial charge in [0.15, 0.2) is 0 Å². The van der Waals surface area contributed by atoms with E-state index in [-0.39, 0.29) is 11.8 Å². The van der Waals surface area contributed by atoms with Crippen LogP contribution in [-0.4, -0.2) is 0 Å². The van der Waals surface area contributed by atoms with Gasteiger partial charge in [0.1, 0.15) is 0 Å². The Kier molecular flexibility index (Phi) is 10.0. The van der Waals surface area contributed by atoms with Crippen LogP contribution < -0.4 is 9.80 Å². The highest BCUT2D eigenvalue weighted by atomic mass is 15.1. The number of aryl methyl sites for hydroxylation is 4. The zero-order chi connectivity index (χ0) is 47.3. The Bertz CT molecular complexity index is 3430. The van der Waals surface area contributed by atoms with Gasteiger partial charge in [-0.25, -0.2) is 0 Å². The minimum atomic E-state index is -0.568. The number of hydrogen-bond donors (Lipinski definition) is 0. The zero-order valence-corrected chi connectivity index (χ0v) is 41.0. The maximum absolute atomic E-state index is 2.59. The Labute approximate surface area is 408 Å². The van der Waals surface area contributed by atoms with Gasteiger partial charge in [-0.2, -0.15) is 0 Å². The molecule has 0 aromatic heterocycles. The monoisotopic (exact) mass is 890 g/mol. The van der Waals surface area contributed by atoms with E-state index < -0.39 is 5.41 Å². The largest absolute Gasteiger partial charge is 0.310 e. The van der Waals surface area contributed by atoms with Crippen molar-refractivity contribution in [1.29, 1.82) is 0 Å². The standard InChI is InChI=1S/C67H58N2/c1-41(2)55-39-59-60-40-56(42(3)4)58-38-50(69(48-21-13-10-14-22-48)64-34-28-44(6)36-46(64)8)30-32-54(58)66(60)67(61-25-17-15-23-51(61)52-24-16-18-26-62(52)67)65(59)53-31-29-49(37-57(53)55)68(47-19-11-9-12-20-47)63-33-27-43(5)35-45(63)7/h9-42H,1-8H3. The molecule has 336 valence electrons. The molecular formula is C67H58N2. The fraction of sp³-hybridized carbons (Fsp3) is 0.164. The summed E-state index contributed by atoms with van der Waals surface area (Å²) >= 11 is 0. The quantitative estimate of drug-likeness (QED) is 0.150. The van der Waals surface area contributed by atoms with E-state index >= 15 is 0 Å². The average molecular weight is 891 g/mol. The Morgan fingerprint density at radius 2 is 0.725 bits per heavy atom. The van der Waals surface area contributed by atoms with Crippen LogP contribution in [0.2, 0.25) is 0 Å². The maximum atomic E-state index is 2.59. The van der Waals surface area contributed by atoms with Crippen molar-refractivity contribution in [3.8, 4) is 22.3 Å². The van der Waals surface area contributed by atoms with Gasteiger partial charge >= 0.3 is 0 Å². The first-order chi connectivity index (χ1) is 33.5. The normalized spacial score (nSPS) is 13.0. The first-order valence-corrected chi connectivity index (χ1v) is 24.8. The van der Waals surface area contributed by atoms with Gasteiger partial charge in [-0.15, -0.1) is 0 Å². The van der Waals surface area contributed by atoms with Crippen molar-refractivity contribution < 1.29 is 0 Å². The molecule has 0 radical (unpaired) electrons. The highest BCUT2D eigenvalue weighted by Gasteiger charge is 2.53. The van der Waals surface area contributed by atoms with E-state index in [1.54, 1.807) is 0 Å². The van der Waals surface area contributed by atoms with Gasteiger partial charge in [0.25, 0.3) is 0 Å². The molecule has 0 heterocycles. The van der Waals surface area contributed by atoms with Crippen molar-refractivity contribution in [3.05, 3.63) is 250 Å². The lowest BCUT2D eigenvalue weighted by molar-refractivity contribution is 0.806. The summed E-state index contributed by atoms with van der Waals surface area (Å²) in [5.41, 5.74) is 25.0. The maximum Gasteiger partial charge on any atom is 0.0737 e. The van der Waals surface area contributed by atoms with Gasteiger partial charge < -0.3 is 9.80 Å². The van der Waals surface area contributed by atoms with Gasteiger partial charge in [0.05, 0.1) is 5.41 Å². The fourth-order valence-electron chi connectivity index (χ4n) is 12.4. The van der Waals surface area contributed by atoms with Crippen molar-refractivity contribution in [2.45, 2.75) is 72.6 Å². The second-order valence-corrected chi connectivity index (χ2v) is 20.3. The predicted molar refractivity (Wildman–Crippen MR) is 294 cm³/mol. The second-order valence-electron chi connectivity index (χ2n) is 20.3. The summed E-state index contributed by atoms with van der Waals surface area (Å²) in [5, 5.41) is 5.25. The van der Waals surface area contributed by atoms with Crippen LogP contribution in [-0.2, 0) is 5.41 Å². The van der Waals surface area contributed by atoms with Crippen LogP contribution in [0.5, 0.6) is 0 Å². The van der Waals surface area contributed by atoms with Crippen molar-refractivity contribution in [1.82, 2.24) is 0 Å². The fourth-order valence-corrected chi connectivity index (χ4v) is 12.4. The SMILES string of the molecule is Cc1ccc(N(c2ccccc2)c2ccc3c4c(cc(C(C)C)c3c2)-c2cc(C(C)C)c3cc(N(c5ccccc5)c5ccc(C)cc5C)ccc3c2C42c3ccccc3-c3ccccc32)c(C)c1. The van der Waals surface area contributed by atoms with Crippen LogP contribution in [0.15, 0.2) is 194 Å². The van der Waals surface area contributed by atoms with Crippen LogP contribution in [0.25, 0.3) is 43.8 Å². The number of benzene rings is 10.